The molecule has 3 rings (SSSR count). The zero-order chi connectivity index (χ0) is 20.3. The molecular weight excluding hydrogens is 384 g/mol. The van der Waals surface area contributed by atoms with Gasteiger partial charge in [0.1, 0.15) is 11.5 Å². The molecule has 1 heterocycles. The van der Waals surface area contributed by atoms with Crippen LogP contribution in [0.1, 0.15) is 13.3 Å². The fourth-order valence-electron chi connectivity index (χ4n) is 2.76. The lowest BCUT2D eigenvalue weighted by Gasteiger charge is -2.19. The Morgan fingerprint density at radius 3 is 2.82 bits per heavy atom. The van der Waals surface area contributed by atoms with Crippen molar-refractivity contribution >= 4 is 33.0 Å². The molecular formula is C19H20N2O6S. The van der Waals surface area contributed by atoms with Crippen LogP contribution >= 0.6 is 0 Å². The van der Waals surface area contributed by atoms with Gasteiger partial charge in [0.25, 0.3) is 5.91 Å². The van der Waals surface area contributed by atoms with Crippen LogP contribution in [-0.4, -0.2) is 39.2 Å². The van der Waals surface area contributed by atoms with E-state index in [1.807, 2.05) is 0 Å². The third kappa shape index (κ3) is 4.25. The van der Waals surface area contributed by atoms with Crippen LogP contribution in [0.3, 0.4) is 0 Å². The van der Waals surface area contributed by atoms with Crippen molar-refractivity contribution in [2.75, 3.05) is 24.4 Å². The first-order valence-electron chi connectivity index (χ1n) is 8.54. The quantitative estimate of drug-likeness (QED) is 0.764. The number of carbonyl (C=O) groups is 2. The number of anilines is 2. The number of ether oxygens (including phenoxy) is 2. The summed E-state index contributed by atoms with van der Waals surface area (Å²) in [5.74, 6) is 0.199. The van der Waals surface area contributed by atoms with E-state index >= 15 is 0 Å². The lowest BCUT2D eigenvalue weighted by molar-refractivity contribution is -0.118. The second-order valence-corrected chi connectivity index (χ2v) is 8.70. The number of methoxy groups -OCH3 is 1. The average molecular weight is 404 g/mol. The van der Waals surface area contributed by atoms with Crippen molar-refractivity contribution in [3.05, 3.63) is 42.5 Å². The molecule has 2 aromatic carbocycles. The predicted molar refractivity (Wildman–Crippen MR) is 103 cm³/mol. The Hall–Kier alpha value is -3.07. The third-order valence-electron chi connectivity index (χ3n) is 4.27. The minimum atomic E-state index is -3.78. The van der Waals surface area contributed by atoms with Crippen molar-refractivity contribution in [1.82, 2.24) is 0 Å². The van der Waals surface area contributed by atoms with E-state index in [9.17, 15) is 18.0 Å². The van der Waals surface area contributed by atoms with Gasteiger partial charge in [-0.15, -0.1) is 0 Å². The van der Waals surface area contributed by atoms with E-state index < -0.39 is 21.0 Å². The number of sulfone groups is 1. The summed E-state index contributed by atoms with van der Waals surface area (Å²) in [6, 6.07) is 11.0. The Balaban J connectivity index is 1.72. The Morgan fingerprint density at radius 2 is 2.07 bits per heavy atom. The van der Waals surface area contributed by atoms with E-state index in [0.717, 1.165) is 0 Å². The standard InChI is InChI=1S/C19H20N2O6S/c1-12(8-18(22)20-13-4-3-5-14(9-13)26-2)28(24,25)15-6-7-17-16(10-15)21-19(23)11-27-17/h3-7,9-10,12H,8,11H2,1-2H3,(H,20,22)(H,21,23)/t12-/m0/s1. The van der Waals surface area contributed by atoms with E-state index in [1.165, 1.54) is 32.2 Å². The highest BCUT2D eigenvalue weighted by atomic mass is 32.2. The van der Waals surface area contributed by atoms with Crippen LogP contribution in [-0.2, 0) is 19.4 Å². The minimum Gasteiger partial charge on any atom is -0.497 e. The molecule has 0 fully saturated rings. The Kier molecular flexibility index (Phi) is 5.55. The Bertz CT molecular complexity index is 1020. The summed E-state index contributed by atoms with van der Waals surface area (Å²) in [5, 5.41) is 4.28. The largest absolute Gasteiger partial charge is 0.497 e. The van der Waals surface area contributed by atoms with Crippen molar-refractivity contribution in [2.24, 2.45) is 0 Å². The van der Waals surface area contributed by atoms with Gasteiger partial charge in [-0.3, -0.25) is 9.59 Å². The molecule has 0 radical (unpaired) electrons. The number of hydrogen-bond donors (Lipinski definition) is 2. The minimum absolute atomic E-state index is 0.0127. The van der Waals surface area contributed by atoms with Gasteiger partial charge in [0.2, 0.25) is 5.91 Å². The van der Waals surface area contributed by atoms with Gasteiger partial charge >= 0.3 is 0 Å². The van der Waals surface area contributed by atoms with Gasteiger partial charge in [0.05, 0.1) is 22.9 Å². The second-order valence-electron chi connectivity index (χ2n) is 6.33. The summed E-state index contributed by atoms with van der Waals surface area (Å²) >= 11 is 0. The second kappa shape index (κ2) is 7.89. The third-order valence-corrected chi connectivity index (χ3v) is 6.41. The zero-order valence-electron chi connectivity index (χ0n) is 15.4. The summed E-state index contributed by atoms with van der Waals surface area (Å²) < 4.78 is 36.0. The molecule has 8 nitrogen and oxygen atoms in total. The molecule has 0 spiro atoms. The number of amides is 2. The van der Waals surface area contributed by atoms with Crippen LogP contribution in [0.5, 0.6) is 11.5 Å². The monoisotopic (exact) mass is 404 g/mol. The molecule has 0 saturated carbocycles. The van der Waals surface area contributed by atoms with Crippen LogP contribution < -0.4 is 20.1 Å². The molecule has 2 amide bonds. The summed E-state index contributed by atoms with van der Waals surface area (Å²) in [7, 11) is -2.27. The van der Waals surface area contributed by atoms with E-state index in [2.05, 4.69) is 10.6 Å². The Labute approximate surface area is 162 Å². The predicted octanol–water partition coefficient (Wildman–Crippen LogP) is 2.22. The van der Waals surface area contributed by atoms with Gasteiger partial charge in [-0.1, -0.05) is 6.07 Å². The molecule has 9 heteroatoms. The molecule has 0 unspecified atom stereocenters. The highest BCUT2D eigenvalue weighted by Crippen LogP contribution is 2.31. The van der Waals surface area contributed by atoms with Crippen LogP contribution in [0.15, 0.2) is 47.4 Å². The fraction of sp³-hybridized carbons (Fsp3) is 0.263. The van der Waals surface area contributed by atoms with Crippen LogP contribution in [0, 0.1) is 0 Å². The lowest BCUT2D eigenvalue weighted by atomic mass is 10.2. The number of fused-ring (bicyclic) bond motifs is 1. The first-order chi connectivity index (χ1) is 13.3. The van der Waals surface area contributed by atoms with Crippen LogP contribution in [0.4, 0.5) is 11.4 Å². The summed E-state index contributed by atoms with van der Waals surface area (Å²) in [6.45, 7) is 1.36. The molecule has 28 heavy (non-hydrogen) atoms. The van der Waals surface area contributed by atoms with Gasteiger partial charge in [0.15, 0.2) is 16.4 Å². The molecule has 2 aromatic rings. The number of carbonyl (C=O) groups excluding carboxylic acids is 2. The van der Waals surface area contributed by atoms with Crippen molar-refractivity contribution in [3.63, 3.8) is 0 Å². The van der Waals surface area contributed by atoms with Crippen molar-refractivity contribution in [3.8, 4) is 11.5 Å². The molecule has 0 saturated heterocycles. The van der Waals surface area contributed by atoms with E-state index in [0.29, 0.717) is 22.9 Å². The van der Waals surface area contributed by atoms with Gasteiger partial charge < -0.3 is 20.1 Å². The molecule has 0 aliphatic carbocycles. The topological polar surface area (TPSA) is 111 Å². The van der Waals surface area contributed by atoms with Gasteiger partial charge in [-0.25, -0.2) is 8.42 Å². The zero-order valence-corrected chi connectivity index (χ0v) is 16.2. The Morgan fingerprint density at radius 1 is 1.29 bits per heavy atom. The maximum atomic E-state index is 12.8. The average Bonchev–Trinajstić information content (AvgIpc) is 2.67. The van der Waals surface area contributed by atoms with Gasteiger partial charge in [-0.2, -0.15) is 0 Å². The molecule has 2 N–H and O–H groups in total. The highest BCUT2D eigenvalue weighted by Gasteiger charge is 2.28. The maximum Gasteiger partial charge on any atom is 0.262 e. The highest BCUT2D eigenvalue weighted by molar-refractivity contribution is 7.92. The summed E-state index contributed by atoms with van der Waals surface area (Å²) in [4.78, 5) is 23.7. The van der Waals surface area contributed by atoms with Crippen molar-refractivity contribution in [1.29, 1.82) is 0 Å². The van der Waals surface area contributed by atoms with Crippen LogP contribution in [0.25, 0.3) is 0 Å². The number of rotatable bonds is 6. The number of nitrogens with one attached hydrogen (secondary N) is 2. The van der Waals surface area contributed by atoms with Gasteiger partial charge in [0, 0.05) is 18.2 Å². The van der Waals surface area contributed by atoms with E-state index in [4.69, 9.17) is 9.47 Å². The van der Waals surface area contributed by atoms with E-state index in [1.54, 1.807) is 24.3 Å². The SMILES string of the molecule is COc1cccc(NC(=O)C[C@H](C)S(=O)(=O)c2ccc3c(c2)NC(=O)CO3)c1. The first kappa shape index (κ1) is 19.7. The summed E-state index contributed by atoms with van der Waals surface area (Å²) in [5.41, 5.74) is 0.813. The first-order valence-corrected chi connectivity index (χ1v) is 10.1. The molecule has 148 valence electrons. The molecule has 1 aliphatic rings. The maximum absolute atomic E-state index is 12.8. The van der Waals surface area contributed by atoms with Gasteiger partial charge in [-0.05, 0) is 37.3 Å². The molecule has 0 bridgehead atoms. The molecule has 1 aliphatic heterocycles. The van der Waals surface area contributed by atoms with Crippen molar-refractivity contribution < 1.29 is 27.5 Å². The van der Waals surface area contributed by atoms with Crippen LogP contribution in [0.2, 0.25) is 0 Å². The normalized spacial score (nSPS) is 14.3. The summed E-state index contributed by atoms with van der Waals surface area (Å²) in [6.07, 6.45) is -0.223. The lowest BCUT2D eigenvalue weighted by Crippen LogP contribution is -2.27. The smallest absolute Gasteiger partial charge is 0.262 e. The van der Waals surface area contributed by atoms with E-state index in [-0.39, 0.29) is 23.8 Å². The molecule has 1 atom stereocenters. The number of hydrogen-bond acceptors (Lipinski definition) is 6. The fourth-order valence-corrected chi connectivity index (χ4v) is 4.13. The van der Waals surface area contributed by atoms with Crippen molar-refractivity contribution in [2.45, 2.75) is 23.5 Å². The number of benzene rings is 2. The molecule has 0 aromatic heterocycles.